The minimum Gasteiger partial charge on any atom is -0.457 e. The zero-order valence-electron chi connectivity index (χ0n) is 23.3. The summed E-state index contributed by atoms with van der Waals surface area (Å²) in [6.07, 6.45) is 0. The fourth-order valence-corrected chi connectivity index (χ4v) is 7.36. The highest BCUT2D eigenvalue weighted by Crippen LogP contribution is 2.56. The van der Waals surface area contributed by atoms with Crippen LogP contribution in [0.3, 0.4) is 0 Å². The van der Waals surface area contributed by atoms with Gasteiger partial charge in [-0.25, -0.2) is 0 Å². The van der Waals surface area contributed by atoms with Crippen LogP contribution in [-0.2, 0) is 10.8 Å². The van der Waals surface area contributed by atoms with E-state index in [0.717, 1.165) is 11.5 Å². The van der Waals surface area contributed by atoms with Gasteiger partial charge in [0.25, 0.3) is 0 Å². The molecule has 0 saturated heterocycles. The Hall–Kier alpha value is -4.88. The summed E-state index contributed by atoms with van der Waals surface area (Å²) in [5, 5.41) is 0. The molecule has 1 aliphatic carbocycles. The topological polar surface area (TPSA) is 9.23 Å². The third-order valence-electron chi connectivity index (χ3n) is 9.52. The molecule has 2 unspecified atom stereocenters. The summed E-state index contributed by atoms with van der Waals surface area (Å²) < 4.78 is 6.53. The minimum absolute atomic E-state index is 0.224. The Balaban J connectivity index is 1.38. The summed E-state index contributed by atoms with van der Waals surface area (Å²) in [4.78, 5) is 0. The highest BCUT2D eigenvalue weighted by molar-refractivity contribution is 5.94. The van der Waals surface area contributed by atoms with E-state index in [1.54, 1.807) is 0 Å². The number of hydrogen-bond acceptors (Lipinski definition) is 1. The summed E-state index contributed by atoms with van der Waals surface area (Å²) >= 11 is 0. The molecule has 196 valence electrons. The SMILES string of the molecule is CC1(c2ccccc2)c2ccccc2Oc2ccc(-c3cccc4c3-c3ccccc3C4(C)c3ccccc3)cc21. The first-order chi connectivity index (χ1) is 20.1. The van der Waals surface area contributed by atoms with Crippen molar-refractivity contribution in [1.29, 1.82) is 0 Å². The van der Waals surface area contributed by atoms with E-state index < -0.39 is 0 Å². The Kier molecular flexibility index (Phi) is 5.15. The smallest absolute Gasteiger partial charge is 0.131 e. The second-order valence-corrected chi connectivity index (χ2v) is 11.6. The van der Waals surface area contributed by atoms with Crippen molar-refractivity contribution in [3.05, 3.63) is 179 Å². The summed E-state index contributed by atoms with van der Waals surface area (Å²) in [5.41, 5.74) is 12.2. The number of hydrogen-bond donors (Lipinski definition) is 0. The van der Waals surface area contributed by atoms with Crippen LogP contribution in [0.25, 0.3) is 22.3 Å². The van der Waals surface area contributed by atoms with Crippen molar-refractivity contribution in [2.75, 3.05) is 0 Å². The molecular formula is C40H30O. The van der Waals surface area contributed by atoms with Crippen LogP contribution in [0.2, 0.25) is 0 Å². The number of ether oxygens (including phenoxy) is 1. The molecule has 2 aliphatic rings. The molecule has 0 amide bonds. The Morgan fingerprint density at radius 1 is 0.415 bits per heavy atom. The summed E-state index contributed by atoms with van der Waals surface area (Å²) in [6.45, 7) is 4.71. The third kappa shape index (κ3) is 3.30. The molecule has 1 aliphatic heterocycles. The Morgan fingerprint density at radius 3 is 1.68 bits per heavy atom. The Labute approximate surface area is 241 Å². The molecule has 6 aromatic carbocycles. The summed E-state index contributed by atoms with van der Waals surface area (Å²) in [7, 11) is 0. The predicted octanol–water partition coefficient (Wildman–Crippen LogP) is 10.1. The van der Waals surface area contributed by atoms with Gasteiger partial charge in [-0.3, -0.25) is 0 Å². The van der Waals surface area contributed by atoms with Gasteiger partial charge in [-0.05, 0) is 76.6 Å². The van der Waals surface area contributed by atoms with Gasteiger partial charge < -0.3 is 4.74 Å². The van der Waals surface area contributed by atoms with Crippen LogP contribution in [0.15, 0.2) is 146 Å². The predicted molar refractivity (Wildman–Crippen MR) is 168 cm³/mol. The fourth-order valence-electron chi connectivity index (χ4n) is 7.36. The first kappa shape index (κ1) is 24.0. The van der Waals surface area contributed by atoms with Gasteiger partial charge in [-0.15, -0.1) is 0 Å². The quantitative estimate of drug-likeness (QED) is 0.223. The van der Waals surface area contributed by atoms with Gasteiger partial charge in [0.05, 0.1) is 0 Å². The van der Waals surface area contributed by atoms with Crippen LogP contribution in [-0.4, -0.2) is 0 Å². The van der Waals surface area contributed by atoms with Crippen LogP contribution in [0, 0.1) is 0 Å². The molecule has 0 bridgehead atoms. The van der Waals surface area contributed by atoms with E-state index in [0.29, 0.717) is 0 Å². The number of benzene rings is 6. The van der Waals surface area contributed by atoms with E-state index >= 15 is 0 Å². The van der Waals surface area contributed by atoms with Gasteiger partial charge in [-0.2, -0.15) is 0 Å². The lowest BCUT2D eigenvalue weighted by atomic mass is 9.69. The van der Waals surface area contributed by atoms with Gasteiger partial charge >= 0.3 is 0 Å². The van der Waals surface area contributed by atoms with Crippen LogP contribution >= 0.6 is 0 Å². The maximum atomic E-state index is 6.53. The van der Waals surface area contributed by atoms with Gasteiger partial charge in [0.15, 0.2) is 0 Å². The number of rotatable bonds is 3. The van der Waals surface area contributed by atoms with Crippen LogP contribution < -0.4 is 4.74 Å². The van der Waals surface area contributed by atoms with Crippen molar-refractivity contribution in [1.82, 2.24) is 0 Å². The minimum atomic E-state index is -0.351. The zero-order valence-corrected chi connectivity index (χ0v) is 23.3. The van der Waals surface area contributed by atoms with Crippen molar-refractivity contribution in [2.24, 2.45) is 0 Å². The van der Waals surface area contributed by atoms with Gasteiger partial charge in [0.1, 0.15) is 11.5 Å². The van der Waals surface area contributed by atoms with Crippen LogP contribution in [0.5, 0.6) is 11.5 Å². The maximum absolute atomic E-state index is 6.53. The average molecular weight is 527 g/mol. The molecule has 0 saturated carbocycles. The van der Waals surface area contributed by atoms with E-state index in [9.17, 15) is 0 Å². The molecule has 0 aromatic heterocycles. The molecule has 0 spiro atoms. The molecule has 8 rings (SSSR count). The molecule has 0 fully saturated rings. The van der Waals surface area contributed by atoms with E-state index in [2.05, 4.69) is 159 Å². The van der Waals surface area contributed by atoms with Crippen LogP contribution in [0.1, 0.15) is 47.2 Å². The summed E-state index contributed by atoms with van der Waals surface area (Å²) in [6, 6.07) is 52.7. The number of fused-ring (bicyclic) bond motifs is 5. The molecule has 2 atom stereocenters. The summed E-state index contributed by atoms with van der Waals surface area (Å²) in [5.74, 6) is 1.84. The lowest BCUT2D eigenvalue weighted by Crippen LogP contribution is -2.29. The largest absolute Gasteiger partial charge is 0.457 e. The highest BCUT2D eigenvalue weighted by Gasteiger charge is 2.43. The molecular weight excluding hydrogens is 496 g/mol. The molecule has 1 heteroatoms. The zero-order chi connectivity index (χ0) is 27.6. The molecule has 1 heterocycles. The number of para-hydroxylation sites is 1. The lowest BCUT2D eigenvalue weighted by molar-refractivity contribution is 0.427. The molecule has 1 nitrogen and oxygen atoms in total. The van der Waals surface area contributed by atoms with Crippen molar-refractivity contribution in [2.45, 2.75) is 24.7 Å². The van der Waals surface area contributed by atoms with Gasteiger partial charge in [0, 0.05) is 22.0 Å². The molecule has 0 radical (unpaired) electrons. The highest BCUT2D eigenvalue weighted by atomic mass is 16.5. The monoisotopic (exact) mass is 526 g/mol. The molecule has 0 N–H and O–H groups in total. The van der Waals surface area contributed by atoms with Crippen molar-refractivity contribution in [3.8, 4) is 33.8 Å². The van der Waals surface area contributed by atoms with Crippen molar-refractivity contribution < 1.29 is 4.74 Å². The Bertz CT molecular complexity index is 1940. The lowest BCUT2D eigenvalue weighted by Gasteiger charge is -2.38. The Morgan fingerprint density at radius 2 is 0.951 bits per heavy atom. The second-order valence-electron chi connectivity index (χ2n) is 11.6. The molecule has 41 heavy (non-hydrogen) atoms. The van der Waals surface area contributed by atoms with Crippen molar-refractivity contribution >= 4 is 0 Å². The second kappa shape index (κ2) is 8.81. The fraction of sp³-hybridized carbons (Fsp3) is 0.100. The first-order valence-corrected chi connectivity index (χ1v) is 14.4. The van der Waals surface area contributed by atoms with E-state index in [1.807, 2.05) is 0 Å². The third-order valence-corrected chi connectivity index (χ3v) is 9.52. The van der Waals surface area contributed by atoms with Crippen molar-refractivity contribution in [3.63, 3.8) is 0 Å². The maximum Gasteiger partial charge on any atom is 0.131 e. The van der Waals surface area contributed by atoms with E-state index in [1.165, 1.54) is 55.6 Å². The first-order valence-electron chi connectivity index (χ1n) is 14.4. The van der Waals surface area contributed by atoms with E-state index in [-0.39, 0.29) is 10.8 Å². The van der Waals surface area contributed by atoms with E-state index in [4.69, 9.17) is 4.74 Å². The molecule has 6 aromatic rings. The normalized spacial score (nSPS) is 19.9. The average Bonchev–Trinajstić information content (AvgIpc) is 3.31. The van der Waals surface area contributed by atoms with Gasteiger partial charge in [0.2, 0.25) is 0 Å². The standard InChI is InChI=1S/C40H30O/c1-39(28-14-5-3-6-15-28)32-20-10-9-18-31(32)38-30(19-13-22-34(38)39)27-24-25-37-35(26-27)40(2,29-16-7-4-8-17-29)33-21-11-12-23-36(33)41-37/h3-26H,1-2H3. The van der Waals surface area contributed by atoms with Crippen LogP contribution in [0.4, 0.5) is 0 Å². The van der Waals surface area contributed by atoms with Gasteiger partial charge in [-0.1, -0.05) is 127 Å².